The van der Waals surface area contributed by atoms with E-state index in [1.54, 1.807) is 14.2 Å². The van der Waals surface area contributed by atoms with E-state index in [-0.39, 0.29) is 11.9 Å². The number of nitrogens with two attached hydrogens (primary N) is 1. The minimum absolute atomic E-state index is 0.0937. The molecule has 3 N–H and O–H groups in total. The SMILES string of the molecule is COC(OC)C(C)NC(=O)C1(N)CCCCC1. The molecule has 1 aliphatic carbocycles. The summed E-state index contributed by atoms with van der Waals surface area (Å²) in [5, 5.41) is 2.88. The van der Waals surface area contributed by atoms with Crippen molar-refractivity contribution in [3.05, 3.63) is 0 Å². The van der Waals surface area contributed by atoms with Gasteiger partial charge >= 0.3 is 0 Å². The molecular formula is C12H24N2O3. The van der Waals surface area contributed by atoms with E-state index >= 15 is 0 Å². The van der Waals surface area contributed by atoms with Gasteiger partial charge < -0.3 is 20.5 Å². The lowest BCUT2D eigenvalue weighted by Crippen LogP contribution is -2.58. The van der Waals surface area contributed by atoms with E-state index in [2.05, 4.69) is 5.32 Å². The minimum Gasteiger partial charge on any atom is -0.354 e. The van der Waals surface area contributed by atoms with Crippen LogP contribution < -0.4 is 11.1 Å². The van der Waals surface area contributed by atoms with Crippen molar-refractivity contribution in [2.45, 2.75) is 56.9 Å². The van der Waals surface area contributed by atoms with Crippen molar-refractivity contribution in [3.63, 3.8) is 0 Å². The average molecular weight is 244 g/mol. The number of hydrogen-bond donors (Lipinski definition) is 2. The molecule has 0 spiro atoms. The predicted octanol–water partition coefficient (Wildman–Crippen LogP) is 0.772. The zero-order valence-electron chi connectivity index (χ0n) is 11.0. The number of carbonyl (C=O) groups excluding carboxylic acids is 1. The number of ether oxygens (including phenoxy) is 2. The van der Waals surface area contributed by atoms with Crippen LogP contribution in [0, 0.1) is 0 Å². The first-order valence-corrected chi connectivity index (χ1v) is 6.19. The second-order valence-electron chi connectivity index (χ2n) is 4.82. The van der Waals surface area contributed by atoms with Gasteiger partial charge in [0.05, 0.1) is 11.6 Å². The van der Waals surface area contributed by atoms with Gasteiger partial charge in [-0.25, -0.2) is 0 Å². The van der Waals surface area contributed by atoms with Gasteiger partial charge in [-0.05, 0) is 19.8 Å². The molecule has 1 atom stereocenters. The first-order chi connectivity index (χ1) is 8.03. The van der Waals surface area contributed by atoms with E-state index in [1.807, 2.05) is 6.92 Å². The molecule has 0 saturated heterocycles. The van der Waals surface area contributed by atoms with Gasteiger partial charge in [-0.1, -0.05) is 19.3 Å². The van der Waals surface area contributed by atoms with E-state index in [4.69, 9.17) is 15.2 Å². The smallest absolute Gasteiger partial charge is 0.240 e. The van der Waals surface area contributed by atoms with Crippen molar-refractivity contribution in [2.75, 3.05) is 14.2 Å². The molecule has 1 unspecified atom stereocenters. The Hall–Kier alpha value is -0.650. The summed E-state index contributed by atoms with van der Waals surface area (Å²) in [4.78, 5) is 12.1. The van der Waals surface area contributed by atoms with Gasteiger partial charge in [0.15, 0.2) is 6.29 Å². The summed E-state index contributed by atoms with van der Waals surface area (Å²) in [5.41, 5.74) is 5.43. The van der Waals surface area contributed by atoms with E-state index in [9.17, 15) is 4.79 Å². The zero-order valence-corrected chi connectivity index (χ0v) is 11.0. The van der Waals surface area contributed by atoms with Gasteiger partial charge in [-0.2, -0.15) is 0 Å². The van der Waals surface area contributed by atoms with Crippen molar-refractivity contribution in [1.29, 1.82) is 0 Å². The van der Waals surface area contributed by atoms with Gasteiger partial charge in [0.1, 0.15) is 0 Å². The highest BCUT2D eigenvalue weighted by molar-refractivity contribution is 5.86. The Morgan fingerprint density at radius 2 is 1.76 bits per heavy atom. The van der Waals surface area contributed by atoms with Crippen molar-refractivity contribution < 1.29 is 14.3 Å². The molecule has 5 heteroatoms. The Kier molecular flexibility index (Phi) is 5.36. The molecule has 5 nitrogen and oxygen atoms in total. The fourth-order valence-corrected chi connectivity index (χ4v) is 2.33. The standard InChI is InChI=1S/C12H24N2O3/c1-9(10(16-2)17-3)14-11(15)12(13)7-5-4-6-8-12/h9-10H,4-8,13H2,1-3H3,(H,14,15). The summed E-state index contributed by atoms with van der Waals surface area (Å²) in [6.07, 6.45) is 4.30. The van der Waals surface area contributed by atoms with E-state index in [1.165, 1.54) is 6.42 Å². The summed E-state index contributed by atoms with van der Waals surface area (Å²) >= 11 is 0. The van der Waals surface area contributed by atoms with Crippen LogP contribution in [0.4, 0.5) is 0 Å². The normalized spacial score (nSPS) is 21.2. The third-order valence-electron chi connectivity index (χ3n) is 3.43. The molecule has 0 heterocycles. The largest absolute Gasteiger partial charge is 0.354 e. The highest BCUT2D eigenvalue weighted by atomic mass is 16.7. The van der Waals surface area contributed by atoms with Crippen molar-refractivity contribution in [3.8, 4) is 0 Å². The highest BCUT2D eigenvalue weighted by Crippen LogP contribution is 2.26. The number of amides is 1. The third kappa shape index (κ3) is 3.66. The number of carbonyl (C=O) groups is 1. The molecule has 0 aromatic carbocycles. The first-order valence-electron chi connectivity index (χ1n) is 6.19. The van der Waals surface area contributed by atoms with Crippen LogP contribution in [0.25, 0.3) is 0 Å². The maximum absolute atomic E-state index is 12.1. The van der Waals surface area contributed by atoms with E-state index in [0.29, 0.717) is 0 Å². The second kappa shape index (κ2) is 6.33. The molecule has 1 aliphatic rings. The van der Waals surface area contributed by atoms with Crippen LogP contribution >= 0.6 is 0 Å². The van der Waals surface area contributed by atoms with Crippen LogP contribution in [0.1, 0.15) is 39.0 Å². The monoisotopic (exact) mass is 244 g/mol. The molecule has 0 radical (unpaired) electrons. The summed E-state index contributed by atoms with van der Waals surface area (Å²) in [5.74, 6) is -0.0937. The van der Waals surface area contributed by atoms with Crippen LogP contribution in [0.15, 0.2) is 0 Å². The van der Waals surface area contributed by atoms with E-state index in [0.717, 1.165) is 25.7 Å². The van der Waals surface area contributed by atoms with Crippen LogP contribution in [-0.2, 0) is 14.3 Å². The lowest BCUT2D eigenvalue weighted by atomic mass is 9.82. The zero-order chi connectivity index (χ0) is 12.9. The van der Waals surface area contributed by atoms with Crippen molar-refractivity contribution in [1.82, 2.24) is 5.32 Å². The molecule has 0 aromatic rings. The van der Waals surface area contributed by atoms with E-state index < -0.39 is 11.8 Å². The Labute approximate surface area is 103 Å². The average Bonchev–Trinajstić information content (AvgIpc) is 2.31. The lowest BCUT2D eigenvalue weighted by molar-refractivity contribution is -0.140. The van der Waals surface area contributed by atoms with Crippen molar-refractivity contribution >= 4 is 5.91 Å². The number of methoxy groups -OCH3 is 2. The van der Waals surface area contributed by atoms with Gasteiger partial charge in [-0.15, -0.1) is 0 Å². The summed E-state index contributed by atoms with van der Waals surface area (Å²) in [6.45, 7) is 1.85. The van der Waals surface area contributed by atoms with Crippen molar-refractivity contribution in [2.24, 2.45) is 5.73 Å². The molecule has 1 fully saturated rings. The number of nitrogens with one attached hydrogen (secondary N) is 1. The second-order valence-corrected chi connectivity index (χ2v) is 4.82. The number of hydrogen-bond acceptors (Lipinski definition) is 4. The Bertz CT molecular complexity index is 248. The Balaban J connectivity index is 2.52. The molecule has 0 bridgehead atoms. The Morgan fingerprint density at radius 3 is 2.24 bits per heavy atom. The maximum Gasteiger partial charge on any atom is 0.240 e. The maximum atomic E-state index is 12.1. The topological polar surface area (TPSA) is 73.6 Å². The molecular weight excluding hydrogens is 220 g/mol. The van der Waals surface area contributed by atoms with Gasteiger partial charge in [0, 0.05) is 14.2 Å². The first kappa shape index (κ1) is 14.4. The molecule has 100 valence electrons. The minimum atomic E-state index is -0.710. The molecule has 1 rings (SSSR count). The predicted molar refractivity (Wildman–Crippen MR) is 65.4 cm³/mol. The fourth-order valence-electron chi connectivity index (χ4n) is 2.33. The summed E-state index contributed by atoms with van der Waals surface area (Å²) in [6, 6.07) is -0.208. The fraction of sp³-hybridized carbons (Fsp3) is 0.917. The third-order valence-corrected chi connectivity index (χ3v) is 3.43. The molecule has 0 aliphatic heterocycles. The van der Waals surface area contributed by atoms with Crippen LogP contribution in [0.2, 0.25) is 0 Å². The molecule has 1 saturated carbocycles. The summed E-state index contributed by atoms with van der Waals surface area (Å²) in [7, 11) is 3.10. The quantitative estimate of drug-likeness (QED) is 0.701. The van der Waals surface area contributed by atoms with Crippen LogP contribution in [-0.4, -0.2) is 38.0 Å². The van der Waals surface area contributed by atoms with Crippen LogP contribution in [0.5, 0.6) is 0 Å². The Morgan fingerprint density at radius 1 is 1.24 bits per heavy atom. The summed E-state index contributed by atoms with van der Waals surface area (Å²) < 4.78 is 10.2. The highest BCUT2D eigenvalue weighted by Gasteiger charge is 2.36. The molecule has 0 aromatic heterocycles. The lowest BCUT2D eigenvalue weighted by Gasteiger charge is -2.34. The van der Waals surface area contributed by atoms with Gasteiger partial charge in [0.2, 0.25) is 5.91 Å². The van der Waals surface area contributed by atoms with Gasteiger partial charge in [-0.3, -0.25) is 4.79 Å². The molecule has 1 amide bonds. The number of rotatable bonds is 5. The molecule has 17 heavy (non-hydrogen) atoms. The van der Waals surface area contributed by atoms with Crippen LogP contribution in [0.3, 0.4) is 0 Å². The van der Waals surface area contributed by atoms with Gasteiger partial charge in [0.25, 0.3) is 0 Å².